The molecule has 6 N–H and O–H groups in total. The van der Waals surface area contributed by atoms with Crippen LogP contribution in [0.2, 0.25) is 0 Å². The first-order valence-corrected chi connectivity index (χ1v) is 21.6. The number of ether oxygens (including phenoxy) is 10. The Labute approximate surface area is 372 Å². The molecule has 0 bridgehead atoms. The molecule has 1 aromatic rings. The van der Waals surface area contributed by atoms with Gasteiger partial charge in [-0.1, -0.05) is 13.0 Å². The highest BCUT2D eigenvalue weighted by atomic mass is 16.7. The average Bonchev–Trinajstić information content (AvgIpc) is 3.44. The van der Waals surface area contributed by atoms with E-state index in [0.717, 1.165) is 0 Å². The molecule has 4 amide bonds. The first kappa shape index (κ1) is 55.3. The second-order valence-corrected chi connectivity index (χ2v) is 13.8. The number of nitrogens with one attached hydrogen (secondary N) is 2. The Morgan fingerprint density at radius 3 is 1.48 bits per heavy atom. The number of hydrogen-bond acceptors (Lipinski definition) is 17. The second kappa shape index (κ2) is 37.5. The average molecular weight is 900 g/mol. The molecule has 21 heteroatoms. The van der Waals surface area contributed by atoms with Gasteiger partial charge in [0.25, 0.3) is 11.8 Å². The molecule has 0 aromatic heterocycles. The van der Waals surface area contributed by atoms with Crippen LogP contribution >= 0.6 is 0 Å². The van der Waals surface area contributed by atoms with Crippen LogP contribution in [0.1, 0.15) is 35.7 Å². The summed E-state index contributed by atoms with van der Waals surface area (Å²) in [6, 6.07) is 4.71. The zero-order valence-corrected chi connectivity index (χ0v) is 37.6. The number of aliphatic imine (C=N–C) groups is 1. The molecule has 1 heterocycles. The Morgan fingerprint density at radius 1 is 0.619 bits per heavy atom. The van der Waals surface area contributed by atoms with Crippen molar-refractivity contribution in [3.63, 3.8) is 0 Å². The Bertz CT molecular complexity index is 1440. The van der Waals surface area contributed by atoms with E-state index >= 15 is 0 Å². The summed E-state index contributed by atoms with van der Waals surface area (Å²) in [5, 5.41) is 6.68. The number of hydrogen-bond donors (Lipinski definition) is 4. The van der Waals surface area contributed by atoms with Gasteiger partial charge in [-0.3, -0.25) is 14.4 Å². The number of hydroxylamine groups is 2. The van der Waals surface area contributed by atoms with Crippen molar-refractivity contribution in [1.29, 1.82) is 0 Å². The molecule has 1 aliphatic rings. The monoisotopic (exact) mass is 900 g/mol. The van der Waals surface area contributed by atoms with Crippen molar-refractivity contribution in [2.24, 2.45) is 16.5 Å². The summed E-state index contributed by atoms with van der Waals surface area (Å²) in [5.41, 5.74) is 13.5. The number of rotatable bonds is 40. The fourth-order valence-corrected chi connectivity index (χ4v) is 5.29. The van der Waals surface area contributed by atoms with E-state index < -0.39 is 0 Å². The van der Waals surface area contributed by atoms with Gasteiger partial charge in [-0.15, -0.1) is 0 Å². The van der Waals surface area contributed by atoms with Gasteiger partial charge in [0.2, 0.25) is 0 Å². The lowest BCUT2D eigenvalue weighted by Gasteiger charge is -2.22. The van der Waals surface area contributed by atoms with Crippen LogP contribution < -0.4 is 22.1 Å². The van der Waals surface area contributed by atoms with Crippen molar-refractivity contribution in [3.8, 4) is 0 Å². The Balaban J connectivity index is 1.36. The summed E-state index contributed by atoms with van der Waals surface area (Å²) in [4.78, 5) is 49.8. The molecule has 0 saturated carbocycles. The minimum atomic E-state index is -0.388. The Morgan fingerprint density at radius 2 is 1.05 bits per heavy atom. The van der Waals surface area contributed by atoms with Gasteiger partial charge in [0.1, 0.15) is 5.84 Å². The van der Waals surface area contributed by atoms with Crippen molar-refractivity contribution < 1.29 is 66.6 Å². The molecule has 1 aromatic carbocycles. The van der Waals surface area contributed by atoms with Crippen LogP contribution in [0.15, 0.2) is 28.8 Å². The predicted molar refractivity (Wildman–Crippen MR) is 235 cm³/mol. The van der Waals surface area contributed by atoms with E-state index in [0.29, 0.717) is 181 Å². The van der Waals surface area contributed by atoms with Gasteiger partial charge in [-0.25, -0.2) is 14.9 Å². The largest absolute Gasteiger partial charge is 0.387 e. The normalized spacial score (nSPS) is 12.3. The molecule has 0 radical (unpaired) electrons. The number of urea groups is 1. The van der Waals surface area contributed by atoms with Crippen molar-refractivity contribution in [2.75, 3.05) is 179 Å². The molecular formula is C42H73N7O14. The van der Waals surface area contributed by atoms with E-state index in [9.17, 15) is 14.4 Å². The molecule has 360 valence electrons. The van der Waals surface area contributed by atoms with Crippen molar-refractivity contribution >= 4 is 35.4 Å². The Hall–Kier alpha value is -3.84. The van der Waals surface area contributed by atoms with E-state index in [2.05, 4.69) is 15.6 Å². The van der Waals surface area contributed by atoms with Gasteiger partial charge in [-0.2, -0.15) is 0 Å². The predicted octanol–water partition coefficient (Wildman–Crippen LogP) is 0.758. The van der Waals surface area contributed by atoms with Crippen molar-refractivity contribution in [1.82, 2.24) is 20.6 Å². The molecule has 0 fully saturated rings. The molecular weight excluding hydrogens is 826 g/mol. The topological polar surface area (TPSA) is 248 Å². The first-order chi connectivity index (χ1) is 30.8. The third kappa shape index (κ3) is 27.8. The minimum Gasteiger partial charge on any atom is -0.387 e. The maximum Gasteiger partial charge on any atom is 0.314 e. The highest BCUT2D eigenvalue weighted by Crippen LogP contribution is 2.28. The molecule has 0 spiro atoms. The zero-order chi connectivity index (χ0) is 45.6. The summed E-state index contributed by atoms with van der Waals surface area (Å²) >= 11 is 0. The summed E-state index contributed by atoms with van der Waals surface area (Å²) in [7, 11) is 3.34. The van der Waals surface area contributed by atoms with Gasteiger partial charge < -0.3 is 74.4 Å². The van der Waals surface area contributed by atoms with Crippen LogP contribution in [-0.2, 0) is 57.0 Å². The second-order valence-electron chi connectivity index (χ2n) is 13.8. The number of amidine groups is 1. The zero-order valence-electron chi connectivity index (χ0n) is 37.6. The molecule has 0 atom stereocenters. The number of amides is 4. The SMILES string of the molecule is CCCN(OCCNC(=O)NCCOCCOCCOCCOCCOCCOCCOCCOCCOCCOCCN)C(=O)C1=Cc2ccc(C(=O)N(C)C)cc2N=C(N)C1. The van der Waals surface area contributed by atoms with Crippen LogP contribution in [0.25, 0.3) is 6.08 Å². The van der Waals surface area contributed by atoms with Crippen LogP contribution in [0.3, 0.4) is 0 Å². The number of benzene rings is 1. The first-order valence-electron chi connectivity index (χ1n) is 21.6. The third-order valence-corrected chi connectivity index (χ3v) is 8.35. The standard InChI is InChI=1S/C42H73N7O14/c1-4-10-49(41(51)37-32-35-5-6-36(40(50)48(2)3)33-38(35)47-39(44)34-37)63-13-9-46-42(52)45-8-12-54-15-17-56-19-21-58-23-25-60-27-29-62-31-30-61-28-26-59-24-22-57-20-18-55-16-14-53-11-7-43/h5-6,32-33H,4,7-31,34,43H2,1-3H3,(H2,44,47)(H2,45,46,52). The molecule has 0 aliphatic carbocycles. The lowest BCUT2D eigenvalue weighted by molar-refractivity contribution is -0.181. The van der Waals surface area contributed by atoms with E-state index in [-0.39, 0.29) is 43.3 Å². The highest BCUT2D eigenvalue weighted by Gasteiger charge is 2.23. The van der Waals surface area contributed by atoms with Crippen molar-refractivity contribution in [2.45, 2.75) is 19.8 Å². The van der Waals surface area contributed by atoms with Gasteiger partial charge in [0.05, 0.1) is 144 Å². The summed E-state index contributed by atoms with van der Waals surface area (Å²) < 4.78 is 54.4. The van der Waals surface area contributed by atoms with E-state index in [1.165, 1.54) is 9.96 Å². The van der Waals surface area contributed by atoms with Crippen LogP contribution in [-0.4, -0.2) is 213 Å². The fourth-order valence-electron chi connectivity index (χ4n) is 5.29. The number of nitrogens with zero attached hydrogens (tertiary/aromatic N) is 3. The summed E-state index contributed by atoms with van der Waals surface area (Å²) in [6.45, 7) is 12.7. The maximum absolute atomic E-state index is 13.5. The molecule has 0 saturated heterocycles. The minimum absolute atomic E-state index is 0.0710. The van der Waals surface area contributed by atoms with Gasteiger partial charge >= 0.3 is 6.03 Å². The third-order valence-electron chi connectivity index (χ3n) is 8.35. The quantitative estimate of drug-likeness (QED) is 0.0525. The summed E-state index contributed by atoms with van der Waals surface area (Å²) in [5.74, 6) is -0.272. The number of fused-ring (bicyclic) bond motifs is 1. The molecule has 0 unspecified atom stereocenters. The van der Waals surface area contributed by atoms with Gasteiger partial charge in [0, 0.05) is 63.4 Å². The molecule has 1 aliphatic heterocycles. The van der Waals surface area contributed by atoms with Gasteiger partial charge in [-0.05, 0) is 24.6 Å². The summed E-state index contributed by atoms with van der Waals surface area (Å²) in [6.07, 6.45) is 2.48. The number of carbonyl (C=O) groups excluding carboxylic acids is 3. The van der Waals surface area contributed by atoms with E-state index in [1.54, 1.807) is 38.4 Å². The van der Waals surface area contributed by atoms with Crippen LogP contribution in [0.5, 0.6) is 0 Å². The van der Waals surface area contributed by atoms with E-state index in [1.807, 2.05) is 6.92 Å². The lowest BCUT2D eigenvalue weighted by atomic mass is 10.0. The maximum atomic E-state index is 13.5. The lowest BCUT2D eigenvalue weighted by Crippen LogP contribution is -2.41. The van der Waals surface area contributed by atoms with Crippen LogP contribution in [0, 0.1) is 0 Å². The fraction of sp³-hybridized carbons (Fsp3) is 0.714. The smallest absolute Gasteiger partial charge is 0.314 e. The number of nitrogens with two attached hydrogens (primary N) is 2. The van der Waals surface area contributed by atoms with E-state index in [4.69, 9.17) is 63.7 Å². The molecule has 2 rings (SSSR count). The van der Waals surface area contributed by atoms with Gasteiger partial charge in [0.15, 0.2) is 0 Å². The number of carbonyl (C=O) groups is 3. The van der Waals surface area contributed by atoms with Crippen LogP contribution in [0.4, 0.5) is 10.5 Å². The van der Waals surface area contributed by atoms with Crippen molar-refractivity contribution in [3.05, 3.63) is 34.9 Å². The molecule has 21 nitrogen and oxygen atoms in total. The molecule has 63 heavy (non-hydrogen) atoms. The Kier molecular flexibility index (Phi) is 32.9. The highest BCUT2D eigenvalue weighted by molar-refractivity contribution is 6.05.